The second-order valence-corrected chi connectivity index (χ2v) is 9.29. The number of hydrogen-bond donors (Lipinski definition) is 1. The van der Waals surface area contributed by atoms with Gasteiger partial charge in [0.05, 0.1) is 0 Å². The van der Waals surface area contributed by atoms with Crippen LogP contribution in [-0.2, 0) is 10.2 Å². The molecule has 1 aliphatic heterocycles. The van der Waals surface area contributed by atoms with Crippen molar-refractivity contribution in [3.8, 4) is 0 Å². The van der Waals surface area contributed by atoms with Crippen molar-refractivity contribution in [1.29, 1.82) is 0 Å². The van der Waals surface area contributed by atoms with Crippen molar-refractivity contribution in [1.82, 2.24) is 14.7 Å². The Hall–Kier alpha value is -1.37. The summed E-state index contributed by atoms with van der Waals surface area (Å²) in [5, 5.41) is 3.96. The molecule has 0 spiro atoms. The summed E-state index contributed by atoms with van der Waals surface area (Å²) in [7, 11) is 0. The van der Waals surface area contributed by atoms with E-state index in [4.69, 9.17) is 9.72 Å². The van der Waals surface area contributed by atoms with E-state index >= 15 is 0 Å². The number of nitrogens with one attached hydrogen (secondary N) is 1. The Morgan fingerprint density at radius 1 is 1.29 bits per heavy atom. The smallest absolute Gasteiger partial charge is 0.407 e. The molecule has 0 aliphatic carbocycles. The fourth-order valence-electron chi connectivity index (χ4n) is 2.70. The molecule has 6 nitrogen and oxygen atoms in total. The van der Waals surface area contributed by atoms with Gasteiger partial charge in [0.25, 0.3) is 0 Å². The summed E-state index contributed by atoms with van der Waals surface area (Å²) in [6.45, 7) is 15.0. The van der Waals surface area contributed by atoms with E-state index in [1.54, 1.807) is 0 Å². The van der Waals surface area contributed by atoms with Gasteiger partial charge in [-0.05, 0) is 40.5 Å². The number of alkyl carbamates (subject to hydrolysis) is 1. The van der Waals surface area contributed by atoms with Crippen LogP contribution in [-0.4, -0.2) is 39.7 Å². The van der Waals surface area contributed by atoms with Gasteiger partial charge in [0.1, 0.15) is 11.4 Å². The molecule has 24 heavy (non-hydrogen) atoms. The number of ether oxygens (including phenoxy) is 1. The molecule has 1 saturated heterocycles. The molecule has 2 rings (SSSR count). The first-order valence-corrected chi connectivity index (χ1v) is 9.33. The Morgan fingerprint density at radius 2 is 1.96 bits per heavy atom. The number of carbonyl (C=O) groups is 1. The van der Waals surface area contributed by atoms with Crippen molar-refractivity contribution in [2.45, 2.75) is 84.4 Å². The monoisotopic (exact) mass is 354 g/mol. The normalized spacial score (nSPS) is 22.4. The molecular weight excluding hydrogens is 324 g/mol. The zero-order valence-electron chi connectivity index (χ0n) is 15.8. The van der Waals surface area contributed by atoms with Gasteiger partial charge in [-0.15, -0.1) is 0 Å². The van der Waals surface area contributed by atoms with Crippen LogP contribution in [0, 0.1) is 0 Å². The predicted octanol–water partition coefficient (Wildman–Crippen LogP) is 3.72. The number of hydrogen-bond acceptors (Lipinski definition) is 6. The zero-order valence-corrected chi connectivity index (χ0v) is 16.7. The van der Waals surface area contributed by atoms with Crippen LogP contribution in [0.25, 0.3) is 0 Å². The maximum Gasteiger partial charge on any atom is 0.407 e. The van der Waals surface area contributed by atoms with Crippen LogP contribution >= 0.6 is 11.5 Å². The lowest BCUT2D eigenvalue weighted by Crippen LogP contribution is -2.49. The van der Waals surface area contributed by atoms with E-state index in [0.29, 0.717) is 6.04 Å². The summed E-state index contributed by atoms with van der Waals surface area (Å²) in [5.74, 6) is 0.892. The highest BCUT2D eigenvalue weighted by Gasteiger charge is 2.30. The van der Waals surface area contributed by atoms with Crippen LogP contribution < -0.4 is 10.2 Å². The third kappa shape index (κ3) is 5.06. The number of carbonyl (C=O) groups excluding carboxylic acids is 1. The molecule has 1 aliphatic rings. The van der Waals surface area contributed by atoms with Crippen LogP contribution in [0.1, 0.15) is 67.1 Å². The SMILES string of the molecule is CC1CC(NC(=O)OC(C)(C)C)CCN1c1nc(C(C)(C)C)ns1. The molecule has 7 heteroatoms. The quantitative estimate of drug-likeness (QED) is 0.877. The minimum absolute atomic E-state index is 0.0332. The third-order valence-electron chi connectivity index (χ3n) is 3.93. The minimum atomic E-state index is -0.466. The highest BCUT2D eigenvalue weighted by molar-refractivity contribution is 7.09. The minimum Gasteiger partial charge on any atom is -0.444 e. The molecule has 1 N–H and O–H groups in total. The second-order valence-electron chi connectivity index (χ2n) is 8.56. The molecule has 136 valence electrons. The zero-order chi connectivity index (χ0) is 18.1. The lowest BCUT2D eigenvalue weighted by molar-refractivity contribution is 0.0494. The van der Waals surface area contributed by atoms with Gasteiger partial charge in [0.2, 0.25) is 5.13 Å². The topological polar surface area (TPSA) is 67.3 Å². The largest absolute Gasteiger partial charge is 0.444 e. The molecule has 0 saturated carbocycles. The molecule has 2 unspecified atom stereocenters. The fourth-order valence-corrected chi connectivity index (χ4v) is 3.68. The van der Waals surface area contributed by atoms with E-state index in [0.717, 1.165) is 30.3 Å². The van der Waals surface area contributed by atoms with Gasteiger partial charge in [-0.25, -0.2) is 9.78 Å². The van der Waals surface area contributed by atoms with E-state index in [-0.39, 0.29) is 17.6 Å². The Bertz CT molecular complexity index is 574. The first kappa shape index (κ1) is 19.0. The van der Waals surface area contributed by atoms with Gasteiger partial charge in [-0.2, -0.15) is 4.37 Å². The molecule has 1 amide bonds. The fraction of sp³-hybridized carbons (Fsp3) is 0.824. The highest BCUT2D eigenvalue weighted by atomic mass is 32.1. The predicted molar refractivity (Wildman–Crippen MR) is 97.8 cm³/mol. The van der Waals surface area contributed by atoms with Gasteiger partial charge < -0.3 is 15.0 Å². The van der Waals surface area contributed by atoms with Gasteiger partial charge in [0, 0.05) is 35.6 Å². The summed E-state index contributed by atoms with van der Waals surface area (Å²) in [4.78, 5) is 18.9. The average molecular weight is 355 g/mol. The number of aromatic nitrogens is 2. The lowest BCUT2D eigenvalue weighted by atomic mass is 9.96. The Labute approximate surface area is 149 Å². The van der Waals surface area contributed by atoms with E-state index in [1.165, 1.54) is 11.5 Å². The summed E-state index contributed by atoms with van der Waals surface area (Å²) in [6, 6.07) is 0.445. The number of rotatable bonds is 2. The van der Waals surface area contributed by atoms with E-state index < -0.39 is 5.60 Å². The van der Waals surface area contributed by atoms with Gasteiger partial charge in [-0.1, -0.05) is 20.8 Å². The van der Waals surface area contributed by atoms with E-state index in [9.17, 15) is 4.79 Å². The highest BCUT2D eigenvalue weighted by Crippen LogP contribution is 2.29. The molecule has 0 bridgehead atoms. The van der Waals surface area contributed by atoms with Gasteiger partial charge in [-0.3, -0.25) is 0 Å². The van der Waals surface area contributed by atoms with Crippen molar-refractivity contribution in [3.05, 3.63) is 5.82 Å². The Kier molecular flexibility index (Phi) is 5.42. The summed E-state index contributed by atoms with van der Waals surface area (Å²) < 4.78 is 9.85. The van der Waals surface area contributed by atoms with Crippen molar-refractivity contribution < 1.29 is 9.53 Å². The first-order valence-electron chi connectivity index (χ1n) is 8.56. The van der Waals surface area contributed by atoms with Crippen LogP contribution in [0.15, 0.2) is 0 Å². The van der Waals surface area contributed by atoms with Crippen LogP contribution in [0.3, 0.4) is 0 Å². The third-order valence-corrected chi connectivity index (χ3v) is 4.68. The Morgan fingerprint density at radius 3 is 2.46 bits per heavy atom. The van der Waals surface area contributed by atoms with Gasteiger partial charge >= 0.3 is 6.09 Å². The number of amides is 1. The number of nitrogens with zero attached hydrogens (tertiary/aromatic N) is 3. The standard InChI is InChI=1S/C17H30N4O2S/c1-11-10-12(18-15(22)23-17(5,6)7)8-9-21(11)14-19-13(20-24-14)16(2,3)4/h11-12H,8-10H2,1-7H3,(H,18,22). The van der Waals surface area contributed by atoms with Crippen LogP contribution in [0.5, 0.6) is 0 Å². The Balaban J connectivity index is 1.93. The molecule has 2 atom stereocenters. The summed E-state index contributed by atoms with van der Waals surface area (Å²) >= 11 is 1.46. The molecule has 0 aromatic carbocycles. The number of piperidine rings is 1. The van der Waals surface area contributed by atoms with Crippen LogP contribution in [0.2, 0.25) is 0 Å². The first-order chi connectivity index (χ1) is 11.0. The van der Waals surface area contributed by atoms with Crippen molar-refractivity contribution >= 4 is 22.8 Å². The maximum atomic E-state index is 11.9. The molecule has 1 aromatic rings. The molecule has 2 heterocycles. The molecular formula is C17H30N4O2S. The average Bonchev–Trinajstić information content (AvgIpc) is 2.85. The molecule has 1 aromatic heterocycles. The van der Waals surface area contributed by atoms with Gasteiger partial charge in [0.15, 0.2) is 0 Å². The van der Waals surface area contributed by atoms with E-state index in [2.05, 4.69) is 42.3 Å². The summed E-state index contributed by atoms with van der Waals surface area (Å²) in [6.07, 6.45) is 1.43. The second kappa shape index (κ2) is 6.86. The van der Waals surface area contributed by atoms with Crippen molar-refractivity contribution in [2.24, 2.45) is 0 Å². The van der Waals surface area contributed by atoms with Crippen molar-refractivity contribution in [2.75, 3.05) is 11.4 Å². The lowest BCUT2D eigenvalue weighted by Gasteiger charge is -2.37. The number of anilines is 1. The maximum absolute atomic E-state index is 11.9. The van der Waals surface area contributed by atoms with E-state index in [1.807, 2.05) is 20.8 Å². The molecule has 1 fully saturated rings. The summed E-state index contributed by atoms with van der Waals surface area (Å²) in [5.41, 5.74) is -0.499. The molecule has 0 radical (unpaired) electrons. The van der Waals surface area contributed by atoms with Crippen LogP contribution in [0.4, 0.5) is 9.93 Å². The van der Waals surface area contributed by atoms with Crippen molar-refractivity contribution in [3.63, 3.8) is 0 Å².